The Labute approximate surface area is 144 Å². The van der Waals surface area contributed by atoms with Gasteiger partial charge in [-0.1, -0.05) is 32.1 Å². The third-order valence-corrected chi connectivity index (χ3v) is 5.12. The van der Waals surface area contributed by atoms with E-state index in [0.29, 0.717) is 17.5 Å². The van der Waals surface area contributed by atoms with Crippen molar-refractivity contribution in [2.24, 2.45) is 11.7 Å². The number of nitrogens with zero attached hydrogens (tertiary/aromatic N) is 1. The summed E-state index contributed by atoms with van der Waals surface area (Å²) in [4.78, 5) is 25.3. The van der Waals surface area contributed by atoms with E-state index >= 15 is 0 Å². The van der Waals surface area contributed by atoms with Crippen LogP contribution >= 0.6 is 0 Å². The smallest absolute Gasteiger partial charge is 0.248 e. The van der Waals surface area contributed by atoms with Crippen molar-refractivity contribution >= 4 is 11.8 Å². The summed E-state index contributed by atoms with van der Waals surface area (Å²) in [5.41, 5.74) is 7.02. The van der Waals surface area contributed by atoms with Gasteiger partial charge in [0.25, 0.3) is 0 Å². The zero-order chi connectivity index (χ0) is 17.5. The zero-order valence-electron chi connectivity index (χ0n) is 14.5. The largest absolute Gasteiger partial charge is 0.366 e. The van der Waals surface area contributed by atoms with Crippen molar-refractivity contribution in [3.63, 3.8) is 0 Å². The molecule has 2 N–H and O–H groups in total. The van der Waals surface area contributed by atoms with E-state index in [1.165, 1.54) is 18.1 Å². The number of benzene rings is 1. The summed E-state index contributed by atoms with van der Waals surface area (Å²) in [7, 11) is 0. The van der Waals surface area contributed by atoms with Crippen LogP contribution in [0.2, 0.25) is 0 Å². The maximum Gasteiger partial charge on any atom is 0.248 e. The minimum atomic E-state index is -0.395. The Hall–Kier alpha value is -2.10. The first-order valence-electron chi connectivity index (χ1n) is 8.88. The van der Waals surface area contributed by atoms with Crippen LogP contribution in [0.4, 0.5) is 0 Å². The second kappa shape index (κ2) is 8.67. The van der Waals surface area contributed by atoms with Gasteiger partial charge in [-0.3, -0.25) is 9.59 Å². The predicted molar refractivity (Wildman–Crippen MR) is 96.6 cm³/mol. The fourth-order valence-corrected chi connectivity index (χ4v) is 3.69. The Morgan fingerprint density at radius 1 is 1.33 bits per heavy atom. The maximum absolute atomic E-state index is 12.1. The molecule has 2 atom stereocenters. The first-order chi connectivity index (χ1) is 11.6. The lowest BCUT2D eigenvalue weighted by atomic mass is 9.84. The van der Waals surface area contributed by atoms with Gasteiger partial charge in [0.15, 0.2) is 0 Å². The Morgan fingerprint density at radius 3 is 2.62 bits per heavy atom. The number of hydrogen-bond acceptors (Lipinski definition) is 2. The van der Waals surface area contributed by atoms with Crippen molar-refractivity contribution in [2.75, 3.05) is 6.54 Å². The Bertz CT molecular complexity index is 580. The van der Waals surface area contributed by atoms with Gasteiger partial charge in [-0.05, 0) is 61.8 Å². The van der Waals surface area contributed by atoms with Gasteiger partial charge in [0, 0.05) is 18.2 Å². The number of amides is 2. The number of nitrogens with two attached hydrogens (primary N) is 1. The highest BCUT2D eigenvalue weighted by Gasteiger charge is 2.30. The summed E-state index contributed by atoms with van der Waals surface area (Å²) in [6, 6.07) is 7.83. The molecule has 0 spiro atoms. The van der Waals surface area contributed by atoms with Crippen molar-refractivity contribution in [2.45, 2.75) is 51.5 Å². The van der Waals surface area contributed by atoms with Crippen LogP contribution in [0.3, 0.4) is 0 Å². The van der Waals surface area contributed by atoms with Gasteiger partial charge in [-0.15, -0.1) is 0 Å². The minimum Gasteiger partial charge on any atom is -0.366 e. The molecule has 1 aromatic rings. The first-order valence-corrected chi connectivity index (χ1v) is 8.88. The molecule has 2 unspecified atom stereocenters. The van der Waals surface area contributed by atoms with E-state index in [9.17, 15) is 9.59 Å². The second-order valence-electron chi connectivity index (χ2n) is 6.57. The Balaban J connectivity index is 2.00. The van der Waals surface area contributed by atoms with Gasteiger partial charge in [0.1, 0.15) is 0 Å². The third kappa shape index (κ3) is 4.47. The van der Waals surface area contributed by atoms with Gasteiger partial charge in [-0.25, -0.2) is 0 Å². The van der Waals surface area contributed by atoms with Crippen LogP contribution in [0.25, 0.3) is 0 Å². The lowest BCUT2D eigenvalue weighted by Crippen LogP contribution is -2.47. The first kappa shape index (κ1) is 18.2. The number of carbonyl (C=O) groups excluding carboxylic acids is 2. The predicted octanol–water partition coefficient (Wildman–Crippen LogP) is 3.31. The molecule has 2 amide bonds. The molecule has 1 aliphatic rings. The minimum absolute atomic E-state index is 0.0592. The second-order valence-corrected chi connectivity index (χ2v) is 6.57. The van der Waals surface area contributed by atoms with Gasteiger partial charge in [0.05, 0.1) is 0 Å². The molecule has 130 valence electrons. The fraction of sp³-hybridized carbons (Fsp3) is 0.500. The number of aryl methyl sites for hydroxylation is 1. The summed E-state index contributed by atoms with van der Waals surface area (Å²) >= 11 is 0. The molecule has 4 nitrogen and oxygen atoms in total. The molecule has 24 heavy (non-hydrogen) atoms. The third-order valence-electron chi connectivity index (χ3n) is 5.12. The number of primary amides is 1. The normalized spacial score (nSPS) is 18.9. The molecular formula is C20H28N2O2. The van der Waals surface area contributed by atoms with Gasteiger partial charge in [0.2, 0.25) is 11.8 Å². The van der Waals surface area contributed by atoms with E-state index in [2.05, 4.69) is 13.5 Å². The van der Waals surface area contributed by atoms with Gasteiger partial charge in [-0.2, -0.15) is 0 Å². The van der Waals surface area contributed by atoms with E-state index in [0.717, 1.165) is 38.6 Å². The molecule has 1 aliphatic heterocycles. The van der Waals surface area contributed by atoms with Crippen LogP contribution in [0.5, 0.6) is 0 Å². The van der Waals surface area contributed by atoms with Crippen LogP contribution in [0.1, 0.15) is 54.9 Å². The summed E-state index contributed by atoms with van der Waals surface area (Å²) in [5.74, 6) is 0.155. The summed E-state index contributed by atoms with van der Waals surface area (Å²) in [5, 5.41) is 0. The van der Waals surface area contributed by atoms with E-state index in [-0.39, 0.29) is 5.91 Å². The molecular weight excluding hydrogens is 300 g/mol. The lowest BCUT2D eigenvalue weighted by molar-refractivity contribution is -0.131. The van der Waals surface area contributed by atoms with Crippen molar-refractivity contribution < 1.29 is 9.59 Å². The highest BCUT2D eigenvalue weighted by atomic mass is 16.2. The quantitative estimate of drug-likeness (QED) is 0.781. The van der Waals surface area contributed by atoms with Crippen molar-refractivity contribution in [1.82, 2.24) is 4.90 Å². The zero-order valence-corrected chi connectivity index (χ0v) is 14.5. The molecule has 1 heterocycles. The maximum atomic E-state index is 12.1. The van der Waals surface area contributed by atoms with Gasteiger partial charge < -0.3 is 10.6 Å². The summed E-state index contributed by atoms with van der Waals surface area (Å²) in [6.07, 6.45) is 7.84. The van der Waals surface area contributed by atoms with Crippen LogP contribution < -0.4 is 5.73 Å². The molecule has 0 aliphatic carbocycles. The topological polar surface area (TPSA) is 63.4 Å². The SMILES string of the molecule is C=CC(=O)N1CCCCC1C(CC)CCc1ccc(C(N)=O)cc1. The van der Waals surface area contributed by atoms with E-state index in [1.807, 2.05) is 17.0 Å². The molecule has 0 saturated carbocycles. The molecule has 1 aromatic carbocycles. The van der Waals surface area contributed by atoms with Crippen molar-refractivity contribution in [1.29, 1.82) is 0 Å². The molecule has 4 heteroatoms. The molecule has 0 bridgehead atoms. The molecule has 1 saturated heterocycles. The molecule has 2 rings (SSSR count). The van der Waals surface area contributed by atoms with Crippen LogP contribution in [-0.4, -0.2) is 29.3 Å². The molecule has 0 radical (unpaired) electrons. The average molecular weight is 328 g/mol. The molecule has 0 aromatic heterocycles. The van der Waals surface area contributed by atoms with Crippen molar-refractivity contribution in [3.8, 4) is 0 Å². The monoisotopic (exact) mass is 328 g/mol. The Kier molecular flexibility index (Phi) is 6.59. The van der Waals surface area contributed by atoms with Crippen LogP contribution in [-0.2, 0) is 11.2 Å². The highest BCUT2D eigenvalue weighted by molar-refractivity contribution is 5.92. The van der Waals surface area contributed by atoms with Crippen LogP contribution in [0, 0.1) is 5.92 Å². The number of rotatable bonds is 7. The number of likely N-dealkylation sites (tertiary alicyclic amines) is 1. The summed E-state index contributed by atoms with van der Waals surface area (Å²) < 4.78 is 0. The Morgan fingerprint density at radius 2 is 2.04 bits per heavy atom. The highest BCUT2D eigenvalue weighted by Crippen LogP contribution is 2.29. The van der Waals surface area contributed by atoms with Gasteiger partial charge >= 0.3 is 0 Å². The number of hydrogen-bond donors (Lipinski definition) is 1. The summed E-state index contributed by atoms with van der Waals surface area (Å²) in [6.45, 7) is 6.69. The average Bonchev–Trinajstić information content (AvgIpc) is 2.62. The van der Waals surface area contributed by atoms with Crippen LogP contribution in [0.15, 0.2) is 36.9 Å². The lowest BCUT2D eigenvalue weighted by Gasteiger charge is -2.40. The standard InChI is InChI=1S/C20H28N2O2/c1-3-16(18-7-5-6-14-22(18)19(23)4-2)11-8-15-9-12-17(13-10-15)20(21)24/h4,9-10,12-13,16,18H,2-3,5-8,11,14H2,1H3,(H2,21,24). The van der Waals surface area contributed by atoms with E-state index in [4.69, 9.17) is 5.73 Å². The van der Waals surface area contributed by atoms with E-state index < -0.39 is 5.91 Å². The fourth-order valence-electron chi connectivity index (χ4n) is 3.69. The van der Waals surface area contributed by atoms with E-state index in [1.54, 1.807) is 12.1 Å². The molecule has 1 fully saturated rings. The number of piperidine rings is 1. The van der Waals surface area contributed by atoms with Crippen molar-refractivity contribution in [3.05, 3.63) is 48.0 Å². The number of carbonyl (C=O) groups is 2.